The summed E-state index contributed by atoms with van der Waals surface area (Å²) in [6, 6.07) is 27.5. The van der Waals surface area contributed by atoms with Gasteiger partial charge in [0.2, 0.25) is 20.0 Å². The summed E-state index contributed by atoms with van der Waals surface area (Å²) in [5.41, 5.74) is 6.67. The van der Waals surface area contributed by atoms with E-state index in [1.165, 1.54) is 71.2 Å². The highest BCUT2D eigenvalue weighted by molar-refractivity contribution is 7.92. The SMILES string of the molecule is CCC(=O)c1c(-c2ccc(F)cc2)oc2cc(N(C)S(C)(=O)=O)c([C@@H]3CCCN(c4nc5cc(F)ccc5o4)C3)cc12.CCC(=O)c1c(-c2ccc(F)cc2)oc2cc(N(C)S(C)(=O)=O)c([C@H]3CCCN(c4nc5cc(F)ccc5o4)C3)cc12. The minimum absolute atomic E-state index is 0.146. The minimum Gasteiger partial charge on any atom is -0.455 e. The quantitative estimate of drug-likeness (QED) is 0.0737. The summed E-state index contributed by atoms with van der Waals surface area (Å²) in [7, 11) is -4.33. The van der Waals surface area contributed by atoms with Crippen molar-refractivity contribution in [1.82, 2.24) is 9.97 Å². The lowest BCUT2D eigenvalue weighted by molar-refractivity contribution is 0.0981. The number of furan rings is 2. The molecule has 0 spiro atoms. The molecule has 6 heterocycles. The standard InChI is InChI=1S/2C31H29F2N3O5S/c2*1-4-26(37)29-23-15-22(19-6-5-13-36(17-19)31-34-24-14-21(33)11-12-27(24)41-31)25(35(2)42(3,38)39)16-28(23)40-30(29)18-7-9-20(32)10-8-18/h2*7-12,14-16,19H,4-6,13,17H2,1-3H3/t2*19-/m10/s1. The van der Waals surface area contributed by atoms with E-state index in [2.05, 4.69) is 9.97 Å². The number of halogens is 4. The summed E-state index contributed by atoms with van der Waals surface area (Å²) in [4.78, 5) is 39.5. The van der Waals surface area contributed by atoms with Gasteiger partial charge in [-0.3, -0.25) is 18.2 Å². The van der Waals surface area contributed by atoms with Crippen LogP contribution in [0.15, 0.2) is 127 Å². The summed E-state index contributed by atoms with van der Waals surface area (Å²) in [5, 5.41) is 1.13. The van der Waals surface area contributed by atoms with Gasteiger partial charge >= 0.3 is 0 Å². The molecule has 0 unspecified atom stereocenters. The molecule has 16 nitrogen and oxygen atoms in total. The summed E-state index contributed by atoms with van der Waals surface area (Å²) in [6.07, 6.45) is 5.74. The summed E-state index contributed by atoms with van der Waals surface area (Å²) in [5.74, 6) is -1.61. The van der Waals surface area contributed by atoms with Crippen LogP contribution < -0.4 is 18.4 Å². The molecule has 4 aromatic heterocycles. The third kappa shape index (κ3) is 11.2. The van der Waals surface area contributed by atoms with Crippen molar-refractivity contribution in [3.63, 3.8) is 0 Å². The highest BCUT2D eigenvalue weighted by atomic mass is 32.2. The Bertz CT molecular complexity index is 4150. The van der Waals surface area contributed by atoms with Crippen molar-refractivity contribution in [2.45, 2.75) is 64.2 Å². The number of rotatable bonds is 14. The smallest absolute Gasteiger partial charge is 0.298 e. The van der Waals surface area contributed by atoms with Gasteiger partial charge in [0, 0.05) is 111 Å². The first-order valence-corrected chi connectivity index (χ1v) is 31.1. The number of benzene rings is 6. The van der Waals surface area contributed by atoms with E-state index in [0.29, 0.717) is 127 Å². The van der Waals surface area contributed by atoms with Crippen LogP contribution in [0.5, 0.6) is 0 Å². The Hall–Kier alpha value is -8.50. The van der Waals surface area contributed by atoms with Gasteiger partial charge in [0.1, 0.15) is 57.0 Å². The van der Waals surface area contributed by atoms with Gasteiger partial charge in [-0.1, -0.05) is 13.8 Å². The van der Waals surface area contributed by atoms with Crippen molar-refractivity contribution in [2.75, 3.05) is 71.2 Å². The number of aromatic nitrogens is 2. The first-order chi connectivity index (χ1) is 40.1. The van der Waals surface area contributed by atoms with Crippen molar-refractivity contribution in [3.8, 4) is 22.6 Å². The number of oxazole rings is 2. The average Bonchev–Trinajstić information content (AvgIpc) is 2.00. The molecule has 2 aliphatic rings. The van der Waals surface area contributed by atoms with Crippen LogP contribution in [-0.2, 0) is 20.0 Å². The number of hydrogen-bond donors (Lipinski definition) is 0. The van der Waals surface area contributed by atoms with Gasteiger partial charge in [0.25, 0.3) is 12.0 Å². The van der Waals surface area contributed by atoms with Gasteiger partial charge in [0.15, 0.2) is 22.7 Å². The normalized spacial score (nSPS) is 15.9. The molecule has 0 N–H and O–H groups in total. The monoisotopic (exact) mass is 1190 g/mol. The zero-order valence-electron chi connectivity index (χ0n) is 46.7. The van der Waals surface area contributed by atoms with Crippen LogP contribution in [0.1, 0.15) is 96.1 Å². The predicted octanol–water partition coefficient (Wildman–Crippen LogP) is 13.8. The van der Waals surface area contributed by atoms with Gasteiger partial charge < -0.3 is 27.5 Å². The Balaban J connectivity index is 0.000000175. The van der Waals surface area contributed by atoms with Gasteiger partial charge in [-0.15, -0.1) is 0 Å². The average molecular weight is 1190 g/mol. The van der Waals surface area contributed by atoms with Crippen LogP contribution in [0.25, 0.3) is 66.8 Å². The van der Waals surface area contributed by atoms with Crippen LogP contribution >= 0.6 is 0 Å². The molecule has 84 heavy (non-hydrogen) atoms. The number of piperidine rings is 2. The molecule has 22 heteroatoms. The van der Waals surface area contributed by atoms with Crippen LogP contribution in [0.4, 0.5) is 41.0 Å². The fourth-order valence-corrected chi connectivity index (χ4v) is 12.3. The summed E-state index contributed by atoms with van der Waals surface area (Å²) < 4.78 is 133. The number of nitrogens with zero attached hydrogens (tertiary/aromatic N) is 6. The van der Waals surface area contributed by atoms with E-state index in [9.17, 15) is 44.0 Å². The molecule has 0 aliphatic carbocycles. The first kappa shape index (κ1) is 57.3. The molecule has 0 saturated carbocycles. The van der Waals surface area contributed by atoms with Gasteiger partial charge in [-0.25, -0.2) is 34.4 Å². The van der Waals surface area contributed by atoms with Crippen LogP contribution in [0, 0.1) is 23.3 Å². The van der Waals surface area contributed by atoms with Crippen LogP contribution in [0.2, 0.25) is 0 Å². The van der Waals surface area contributed by atoms with Gasteiger partial charge in [-0.05, 0) is 122 Å². The molecular formula is C62H58F4N6O10S2. The number of Topliss-reactive ketones (excluding diaryl/α,β-unsaturated/α-hetero) is 2. The molecule has 2 aliphatic heterocycles. The van der Waals surface area contributed by atoms with Crippen molar-refractivity contribution in [2.24, 2.45) is 0 Å². The summed E-state index contributed by atoms with van der Waals surface area (Å²) >= 11 is 0. The van der Waals surface area contributed by atoms with E-state index in [-0.39, 0.29) is 36.2 Å². The zero-order chi connectivity index (χ0) is 59.5. The molecule has 0 radical (unpaired) electrons. The zero-order valence-corrected chi connectivity index (χ0v) is 48.3. The predicted molar refractivity (Wildman–Crippen MR) is 315 cm³/mol. The van der Waals surface area contributed by atoms with E-state index >= 15 is 0 Å². The number of carbonyl (C=O) groups is 2. The Kier molecular flexibility index (Phi) is 15.4. The number of ketones is 2. The van der Waals surface area contributed by atoms with E-state index in [0.717, 1.165) is 49.3 Å². The van der Waals surface area contributed by atoms with E-state index in [1.807, 2.05) is 21.9 Å². The third-order valence-electron chi connectivity index (χ3n) is 15.7. The lowest BCUT2D eigenvalue weighted by Crippen LogP contribution is -2.35. The lowest BCUT2D eigenvalue weighted by Gasteiger charge is -2.34. The number of sulfonamides is 2. The molecule has 436 valence electrons. The maximum Gasteiger partial charge on any atom is 0.298 e. The molecule has 2 saturated heterocycles. The maximum absolute atomic E-state index is 13.8. The summed E-state index contributed by atoms with van der Waals surface area (Å²) in [6.45, 7) is 5.76. The van der Waals surface area contributed by atoms with Crippen molar-refractivity contribution in [3.05, 3.63) is 155 Å². The Labute approximate surface area is 481 Å². The minimum atomic E-state index is -3.65. The molecule has 12 rings (SSSR count). The van der Waals surface area contributed by atoms with E-state index < -0.39 is 43.3 Å². The van der Waals surface area contributed by atoms with Gasteiger partial charge in [0.05, 0.1) is 35.0 Å². The molecule has 6 aromatic carbocycles. The second-order valence-corrected chi connectivity index (χ2v) is 25.3. The third-order valence-corrected chi connectivity index (χ3v) is 18.1. The first-order valence-electron chi connectivity index (χ1n) is 27.4. The molecule has 2 atom stereocenters. The Morgan fingerprint density at radius 1 is 0.524 bits per heavy atom. The Morgan fingerprint density at radius 2 is 0.893 bits per heavy atom. The fourth-order valence-electron chi connectivity index (χ4n) is 11.2. The van der Waals surface area contributed by atoms with Crippen molar-refractivity contribution < 1.29 is 61.7 Å². The molecular weight excluding hydrogens is 1130 g/mol. The number of carbonyl (C=O) groups excluding carboxylic acids is 2. The Morgan fingerprint density at radius 3 is 1.25 bits per heavy atom. The maximum atomic E-state index is 13.8. The second-order valence-electron chi connectivity index (χ2n) is 21.2. The molecule has 0 bridgehead atoms. The molecule has 10 aromatic rings. The highest BCUT2D eigenvalue weighted by Gasteiger charge is 2.34. The van der Waals surface area contributed by atoms with Crippen LogP contribution in [0.3, 0.4) is 0 Å². The molecule has 0 amide bonds. The van der Waals surface area contributed by atoms with Crippen molar-refractivity contribution in [1.29, 1.82) is 0 Å². The largest absolute Gasteiger partial charge is 0.455 e. The lowest BCUT2D eigenvalue weighted by atomic mass is 9.88. The highest BCUT2D eigenvalue weighted by Crippen LogP contribution is 2.45. The van der Waals surface area contributed by atoms with E-state index in [1.54, 1.807) is 62.4 Å². The second kappa shape index (κ2) is 22.6. The van der Waals surface area contributed by atoms with Crippen molar-refractivity contribution >= 4 is 99.2 Å². The fraction of sp³-hybridized carbons (Fsp3) is 0.290. The number of fused-ring (bicyclic) bond motifs is 4. The topological polar surface area (TPSA) is 194 Å². The van der Waals surface area contributed by atoms with Crippen LogP contribution in [-0.4, -0.2) is 91.2 Å². The molecule has 2 fully saturated rings. The van der Waals surface area contributed by atoms with Gasteiger partial charge in [-0.2, -0.15) is 9.97 Å². The number of anilines is 4. The van der Waals surface area contributed by atoms with E-state index in [4.69, 9.17) is 17.7 Å². The number of hydrogen-bond acceptors (Lipinski definition) is 14.